The number of furan rings is 1. The Kier molecular flexibility index (Phi) is 5.49. The van der Waals surface area contributed by atoms with Crippen molar-refractivity contribution in [1.82, 2.24) is 4.90 Å². The van der Waals surface area contributed by atoms with Crippen molar-refractivity contribution in [2.45, 2.75) is 13.5 Å². The van der Waals surface area contributed by atoms with E-state index in [0.29, 0.717) is 34.1 Å². The first-order valence-electron chi connectivity index (χ1n) is 9.70. The second kappa shape index (κ2) is 8.39. The van der Waals surface area contributed by atoms with Crippen molar-refractivity contribution < 1.29 is 23.5 Å². The number of carbonyl (C=O) groups excluding carboxylic acids is 2. The largest absolute Gasteiger partial charge is 0.497 e. The van der Waals surface area contributed by atoms with Crippen molar-refractivity contribution in [3.63, 3.8) is 0 Å². The molecule has 1 aliphatic rings. The van der Waals surface area contributed by atoms with Crippen LogP contribution in [0.1, 0.15) is 16.9 Å². The van der Waals surface area contributed by atoms with E-state index in [-0.39, 0.29) is 12.2 Å². The third-order valence-corrected chi connectivity index (χ3v) is 5.07. The standard InChI is InChI=1S/C24H22N2O5/c1-15-6-8-16(9-7-15)21-22(25-19-13-17(29-2)10-11-20(19)30-3)24(28)26(23(21)27)14-18-5-4-12-31-18/h4-13,25H,14H2,1-3H3. The molecule has 7 heteroatoms. The molecule has 31 heavy (non-hydrogen) atoms. The number of benzene rings is 2. The lowest BCUT2D eigenvalue weighted by atomic mass is 10.0. The van der Waals surface area contributed by atoms with E-state index in [1.165, 1.54) is 18.3 Å². The zero-order valence-corrected chi connectivity index (χ0v) is 17.5. The summed E-state index contributed by atoms with van der Waals surface area (Å²) >= 11 is 0. The van der Waals surface area contributed by atoms with Crippen LogP contribution in [0.5, 0.6) is 11.5 Å². The number of nitrogens with one attached hydrogen (secondary N) is 1. The smallest absolute Gasteiger partial charge is 0.278 e. The monoisotopic (exact) mass is 418 g/mol. The van der Waals surface area contributed by atoms with Crippen LogP contribution in [0, 0.1) is 6.92 Å². The van der Waals surface area contributed by atoms with Gasteiger partial charge in [0.2, 0.25) is 0 Å². The van der Waals surface area contributed by atoms with Crippen LogP contribution in [-0.2, 0) is 16.1 Å². The van der Waals surface area contributed by atoms with Crippen molar-refractivity contribution in [1.29, 1.82) is 0 Å². The molecule has 0 saturated carbocycles. The molecule has 1 aromatic heterocycles. The average molecular weight is 418 g/mol. The third kappa shape index (κ3) is 3.90. The van der Waals surface area contributed by atoms with Crippen molar-refractivity contribution in [3.05, 3.63) is 83.4 Å². The lowest BCUT2D eigenvalue weighted by molar-refractivity contribution is -0.137. The number of carbonyl (C=O) groups is 2. The highest BCUT2D eigenvalue weighted by Crippen LogP contribution is 2.35. The van der Waals surface area contributed by atoms with Gasteiger partial charge in [0.05, 0.1) is 38.3 Å². The summed E-state index contributed by atoms with van der Waals surface area (Å²) in [7, 11) is 3.09. The highest BCUT2D eigenvalue weighted by Gasteiger charge is 2.40. The zero-order valence-electron chi connectivity index (χ0n) is 17.5. The molecule has 7 nitrogen and oxygen atoms in total. The Labute approximate surface area is 179 Å². The van der Waals surface area contributed by atoms with E-state index in [9.17, 15) is 9.59 Å². The molecule has 2 aromatic carbocycles. The molecule has 0 saturated heterocycles. The number of imide groups is 1. The van der Waals surface area contributed by atoms with E-state index in [1.54, 1.807) is 37.4 Å². The minimum atomic E-state index is -0.443. The molecule has 4 rings (SSSR count). The molecule has 0 bridgehead atoms. The van der Waals surface area contributed by atoms with E-state index < -0.39 is 11.8 Å². The Balaban J connectivity index is 1.79. The molecular formula is C24H22N2O5. The average Bonchev–Trinajstić information content (AvgIpc) is 3.37. The van der Waals surface area contributed by atoms with Crippen molar-refractivity contribution >= 4 is 23.1 Å². The Morgan fingerprint density at radius 2 is 1.74 bits per heavy atom. The van der Waals surface area contributed by atoms with Crippen LogP contribution >= 0.6 is 0 Å². The van der Waals surface area contributed by atoms with Gasteiger partial charge < -0.3 is 19.2 Å². The minimum absolute atomic E-state index is 0.0421. The fourth-order valence-corrected chi connectivity index (χ4v) is 3.43. The summed E-state index contributed by atoms with van der Waals surface area (Å²) < 4.78 is 16.1. The molecular weight excluding hydrogens is 396 g/mol. The predicted octanol–water partition coefficient (Wildman–Crippen LogP) is 4.00. The first-order chi connectivity index (χ1) is 15.0. The second-order valence-corrected chi connectivity index (χ2v) is 7.08. The number of aryl methyl sites for hydroxylation is 1. The maximum atomic E-state index is 13.3. The normalized spacial score (nSPS) is 13.7. The molecule has 3 aromatic rings. The van der Waals surface area contributed by atoms with Gasteiger partial charge in [-0.15, -0.1) is 0 Å². The van der Waals surface area contributed by atoms with Crippen LogP contribution in [0.25, 0.3) is 5.57 Å². The summed E-state index contributed by atoms with van der Waals surface area (Å²) in [6.45, 7) is 2.00. The summed E-state index contributed by atoms with van der Waals surface area (Å²) in [5.74, 6) is 0.785. The first-order valence-corrected chi connectivity index (χ1v) is 9.70. The number of nitrogens with zero attached hydrogens (tertiary/aromatic N) is 1. The molecule has 1 N–H and O–H groups in total. The van der Waals surface area contributed by atoms with Gasteiger partial charge in [0, 0.05) is 6.07 Å². The molecule has 0 aliphatic carbocycles. The van der Waals surface area contributed by atoms with E-state index in [2.05, 4.69) is 5.32 Å². The maximum Gasteiger partial charge on any atom is 0.278 e. The quantitative estimate of drug-likeness (QED) is 0.584. The van der Waals surface area contributed by atoms with Crippen molar-refractivity contribution in [2.75, 3.05) is 19.5 Å². The lowest BCUT2D eigenvalue weighted by Crippen LogP contribution is -2.31. The van der Waals surface area contributed by atoms with Crippen molar-refractivity contribution in [3.8, 4) is 11.5 Å². The van der Waals surface area contributed by atoms with Gasteiger partial charge in [0.15, 0.2) is 0 Å². The maximum absolute atomic E-state index is 13.3. The molecule has 2 amide bonds. The fraction of sp³-hybridized carbons (Fsp3) is 0.167. The summed E-state index contributed by atoms with van der Waals surface area (Å²) in [6.07, 6.45) is 1.51. The van der Waals surface area contributed by atoms with Crippen LogP contribution < -0.4 is 14.8 Å². The third-order valence-electron chi connectivity index (χ3n) is 5.07. The number of hydrogen-bond donors (Lipinski definition) is 1. The summed E-state index contributed by atoms with van der Waals surface area (Å²) in [6, 6.07) is 16.1. The number of anilines is 1. The van der Waals surface area contributed by atoms with Gasteiger partial charge in [0.25, 0.3) is 11.8 Å². The molecule has 0 fully saturated rings. The van der Waals surface area contributed by atoms with Crippen LogP contribution in [0.4, 0.5) is 5.69 Å². The van der Waals surface area contributed by atoms with Gasteiger partial charge in [-0.2, -0.15) is 0 Å². The Morgan fingerprint density at radius 3 is 2.39 bits per heavy atom. The highest BCUT2D eigenvalue weighted by molar-refractivity contribution is 6.36. The summed E-state index contributed by atoms with van der Waals surface area (Å²) in [4.78, 5) is 27.8. The summed E-state index contributed by atoms with van der Waals surface area (Å²) in [5.41, 5.74) is 2.68. The van der Waals surface area contributed by atoms with E-state index in [0.717, 1.165) is 5.56 Å². The minimum Gasteiger partial charge on any atom is -0.497 e. The first kappa shape index (κ1) is 20.3. The van der Waals surface area contributed by atoms with Crippen LogP contribution in [0.2, 0.25) is 0 Å². The Hall–Kier alpha value is -4.00. The Bertz CT molecular complexity index is 1150. The predicted molar refractivity (Wildman–Crippen MR) is 116 cm³/mol. The van der Waals surface area contributed by atoms with Gasteiger partial charge in [-0.25, -0.2) is 0 Å². The van der Waals surface area contributed by atoms with E-state index >= 15 is 0 Å². The zero-order chi connectivity index (χ0) is 22.0. The molecule has 0 atom stereocenters. The van der Waals surface area contributed by atoms with Gasteiger partial charge in [-0.1, -0.05) is 29.8 Å². The van der Waals surface area contributed by atoms with Crippen molar-refractivity contribution in [2.24, 2.45) is 0 Å². The van der Waals surface area contributed by atoms with Gasteiger partial charge >= 0.3 is 0 Å². The van der Waals surface area contributed by atoms with Gasteiger partial charge in [0.1, 0.15) is 23.0 Å². The lowest BCUT2D eigenvalue weighted by Gasteiger charge is -2.15. The number of rotatable bonds is 7. The number of methoxy groups -OCH3 is 2. The number of ether oxygens (including phenoxy) is 2. The van der Waals surface area contributed by atoms with E-state index in [1.807, 2.05) is 31.2 Å². The number of hydrogen-bond acceptors (Lipinski definition) is 6. The fourth-order valence-electron chi connectivity index (χ4n) is 3.43. The summed E-state index contributed by atoms with van der Waals surface area (Å²) in [5, 5.41) is 3.12. The molecule has 1 aliphatic heterocycles. The second-order valence-electron chi connectivity index (χ2n) is 7.08. The molecule has 0 radical (unpaired) electrons. The topological polar surface area (TPSA) is 81.0 Å². The highest BCUT2D eigenvalue weighted by atomic mass is 16.5. The van der Waals surface area contributed by atoms with E-state index in [4.69, 9.17) is 13.9 Å². The van der Waals surface area contributed by atoms with Gasteiger partial charge in [-0.05, 0) is 36.8 Å². The van der Waals surface area contributed by atoms with Crippen LogP contribution in [-0.4, -0.2) is 30.9 Å². The Morgan fingerprint density at radius 1 is 0.968 bits per heavy atom. The van der Waals surface area contributed by atoms with Crippen LogP contribution in [0.3, 0.4) is 0 Å². The number of amides is 2. The van der Waals surface area contributed by atoms with Crippen LogP contribution in [0.15, 0.2) is 71.0 Å². The SMILES string of the molecule is COc1ccc(OC)c(NC2=C(c3ccc(C)cc3)C(=O)N(Cc3ccco3)C2=O)c1. The van der Waals surface area contributed by atoms with Gasteiger partial charge in [-0.3, -0.25) is 14.5 Å². The molecule has 0 unspecified atom stereocenters. The molecule has 0 spiro atoms. The molecule has 158 valence electrons. The molecule has 2 heterocycles.